The number of carbonyl (C=O) groups excluding carboxylic acids is 1. The second-order valence-electron chi connectivity index (χ2n) is 5.20. The van der Waals surface area contributed by atoms with E-state index in [1.807, 2.05) is 24.3 Å². The van der Waals surface area contributed by atoms with E-state index >= 15 is 0 Å². The molecule has 0 saturated carbocycles. The van der Waals surface area contributed by atoms with Crippen LogP contribution >= 0.6 is 0 Å². The quantitative estimate of drug-likeness (QED) is 0.746. The number of amides is 1. The lowest BCUT2D eigenvalue weighted by Crippen LogP contribution is -2.39. The fourth-order valence-corrected chi connectivity index (χ4v) is 2.68. The van der Waals surface area contributed by atoms with Crippen molar-refractivity contribution in [3.05, 3.63) is 59.7 Å². The molecule has 3 nitrogen and oxygen atoms in total. The number of nitrogens with zero attached hydrogens (tertiary/aromatic N) is 2. The van der Waals surface area contributed by atoms with Crippen molar-refractivity contribution < 1.29 is 9.18 Å². The normalized spacial score (nSPS) is 17.7. The third kappa shape index (κ3) is 2.18. The maximum atomic E-state index is 13.7. The van der Waals surface area contributed by atoms with Gasteiger partial charge in [0.1, 0.15) is 0 Å². The van der Waals surface area contributed by atoms with Gasteiger partial charge in [0.15, 0.2) is 0 Å². The molecule has 4 heteroatoms. The predicted octanol–water partition coefficient (Wildman–Crippen LogP) is 3.06. The third-order valence-electron chi connectivity index (χ3n) is 3.58. The molecule has 0 saturated heterocycles. The summed E-state index contributed by atoms with van der Waals surface area (Å²) in [4.78, 5) is 17.8. The Morgan fingerprint density at radius 3 is 2.90 bits per heavy atom. The number of anilines is 1. The fourth-order valence-electron chi connectivity index (χ4n) is 2.68. The monoisotopic (exact) mass is 270 g/mol. The molecule has 102 valence electrons. The lowest BCUT2D eigenvalue weighted by Gasteiger charge is -2.33. The SMILES string of the molecule is CC1Cc2ccccc2N(C(=O)c2cccnc2F)C1. The van der Waals surface area contributed by atoms with Crippen LogP contribution in [0.1, 0.15) is 22.8 Å². The molecule has 1 aromatic heterocycles. The summed E-state index contributed by atoms with van der Waals surface area (Å²) in [6, 6.07) is 10.8. The minimum Gasteiger partial charge on any atom is -0.308 e. The second-order valence-corrected chi connectivity index (χ2v) is 5.20. The van der Waals surface area contributed by atoms with Gasteiger partial charge in [-0.2, -0.15) is 4.39 Å². The summed E-state index contributed by atoms with van der Waals surface area (Å²) in [7, 11) is 0. The molecule has 3 rings (SSSR count). The average molecular weight is 270 g/mol. The Balaban J connectivity index is 2.02. The van der Waals surface area contributed by atoms with E-state index in [4.69, 9.17) is 0 Å². The van der Waals surface area contributed by atoms with Gasteiger partial charge in [-0.25, -0.2) is 4.98 Å². The van der Waals surface area contributed by atoms with Gasteiger partial charge in [0.2, 0.25) is 5.95 Å². The Bertz CT molecular complexity index is 656. The Kier molecular flexibility index (Phi) is 3.22. The van der Waals surface area contributed by atoms with E-state index in [9.17, 15) is 9.18 Å². The van der Waals surface area contributed by atoms with E-state index in [2.05, 4.69) is 11.9 Å². The van der Waals surface area contributed by atoms with Crippen molar-refractivity contribution in [2.75, 3.05) is 11.4 Å². The number of fused-ring (bicyclic) bond motifs is 1. The zero-order chi connectivity index (χ0) is 14.1. The molecule has 20 heavy (non-hydrogen) atoms. The molecule has 0 bridgehead atoms. The van der Waals surface area contributed by atoms with Gasteiger partial charge in [-0.15, -0.1) is 0 Å². The van der Waals surface area contributed by atoms with E-state index in [0.717, 1.165) is 17.7 Å². The van der Waals surface area contributed by atoms with Crippen molar-refractivity contribution in [3.8, 4) is 0 Å². The van der Waals surface area contributed by atoms with Crippen molar-refractivity contribution in [1.29, 1.82) is 0 Å². The molecule has 0 fully saturated rings. The summed E-state index contributed by atoms with van der Waals surface area (Å²) >= 11 is 0. The Morgan fingerprint density at radius 2 is 2.10 bits per heavy atom. The highest BCUT2D eigenvalue weighted by Gasteiger charge is 2.28. The molecule has 2 heterocycles. The number of carbonyl (C=O) groups is 1. The first-order chi connectivity index (χ1) is 9.66. The molecule has 0 spiro atoms. The van der Waals surface area contributed by atoms with Crippen molar-refractivity contribution in [2.45, 2.75) is 13.3 Å². The van der Waals surface area contributed by atoms with Gasteiger partial charge in [0, 0.05) is 18.4 Å². The first kappa shape index (κ1) is 12.8. The first-order valence-electron chi connectivity index (χ1n) is 6.67. The highest BCUT2D eigenvalue weighted by atomic mass is 19.1. The van der Waals surface area contributed by atoms with Crippen LogP contribution in [0.15, 0.2) is 42.6 Å². The standard InChI is InChI=1S/C16H15FN2O/c1-11-9-12-5-2-3-7-14(12)19(10-11)16(20)13-6-4-8-18-15(13)17/h2-8,11H,9-10H2,1H3. The zero-order valence-corrected chi connectivity index (χ0v) is 11.2. The van der Waals surface area contributed by atoms with Crippen LogP contribution in [0.5, 0.6) is 0 Å². The van der Waals surface area contributed by atoms with Gasteiger partial charge in [0.25, 0.3) is 5.91 Å². The molecule has 1 aromatic carbocycles. The molecule has 1 unspecified atom stereocenters. The van der Waals surface area contributed by atoms with Gasteiger partial charge in [0.05, 0.1) is 5.56 Å². The van der Waals surface area contributed by atoms with Gasteiger partial charge in [-0.3, -0.25) is 4.79 Å². The summed E-state index contributed by atoms with van der Waals surface area (Å²) in [5, 5.41) is 0. The number of aromatic nitrogens is 1. The number of hydrogen-bond acceptors (Lipinski definition) is 2. The number of rotatable bonds is 1. The number of para-hydroxylation sites is 1. The van der Waals surface area contributed by atoms with Crippen LogP contribution < -0.4 is 4.90 Å². The zero-order valence-electron chi connectivity index (χ0n) is 11.2. The van der Waals surface area contributed by atoms with E-state index < -0.39 is 5.95 Å². The van der Waals surface area contributed by atoms with Crippen molar-refractivity contribution in [2.24, 2.45) is 5.92 Å². The van der Waals surface area contributed by atoms with Crippen LogP contribution in [-0.4, -0.2) is 17.4 Å². The lowest BCUT2D eigenvalue weighted by molar-refractivity contribution is 0.0976. The van der Waals surface area contributed by atoms with E-state index in [0.29, 0.717) is 12.5 Å². The maximum absolute atomic E-state index is 13.7. The third-order valence-corrected chi connectivity index (χ3v) is 3.58. The molecular formula is C16H15FN2O. The van der Waals surface area contributed by atoms with Crippen LogP contribution in [-0.2, 0) is 6.42 Å². The van der Waals surface area contributed by atoms with E-state index in [-0.39, 0.29) is 11.5 Å². The molecule has 0 aliphatic carbocycles. The highest BCUT2D eigenvalue weighted by molar-refractivity contribution is 6.06. The molecule has 1 aliphatic rings. The molecular weight excluding hydrogens is 255 g/mol. The molecule has 1 atom stereocenters. The Hall–Kier alpha value is -2.23. The maximum Gasteiger partial charge on any atom is 0.262 e. The smallest absolute Gasteiger partial charge is 0.262 e. The number of pyridine rings is 1. The summed E-state index contributed by atoms with van der Waals surface area (Å²) in [6.45, 7) is 2.69. The lowest BCUT2D eigenvalue weighted by atomic mass is 9.93. The largest absolute Gasteiger partial charge is 0.308 e. The minimum atomic E-state index is -0.715. The molecule has 1 amide bonds. The Morgan fingerprint density at radius 1 is 1.30 bits per heavy atom. The van der Waals surface area contributed by atoms with Crippen LogP contribution in [0.3, 0.4) is 0 Å². The Labute approximate surface area is 117 Å². The van der Waals surface area contributed by atoms with Gasteiger partial charge in [-0.1, -0.05) is 25.1 Å². The number of benzene rings is 1. The van der Waals surface area contributed by atoms with Gasteiger partial charge in [-0.05, 0) is 36.1 Å². The highest BCUT2D eigenvalue weighted by Crippen LogP contribution is 2.30. The predicted molar refractivity (Wildman–Crippen MR) is 75.2 cm³/mol. The number of hydrogen-bond donors (Lipinski definition) is 0. The summed E-state index contributed by atoms with van der Waals surface area (Å²) in [6.07, 6.45) is 2.29. The summed E-state index contributed by atoms with van der Waals surface area (Å²) in [5.74, 6) is -0.684. The molecule has 0 N–H and O–H groups in total. The summed E-state index contributed by atoms with van der Waals surface area (Å²) < 4.78 is 13.7. The summed E-state index contributed by atoms with van der Waals surface area (Å²) in [5.41, 5.74) is 2.03. The van der Waals surface area contributed by atoms with Gasteiger partial charge >= 0.3 is 0 Å². The second kappa shape index (κ2) is 5.04. The van der Waals surface area contributed by atoms with Crippen LogP contribution in [0.25, 0.3) is 0 Å². The van der Waals surface area contributed by atoms with Crippen molar-refractivity contribution in [3.63, 3.8) is 0 Å². The molecule has 0 radical (unpaired) electrons. The van der Waals surface area contributed by atoms with Gasteiger partial charge < -0.3 is 4.90 Å². The minimum absolute atomic E-state index is 0.0244. The fraction of sp³-hybridized carbons (Fsp3) is 0.250. The van der Waals surface area contributed by atoms with E-state index in [1.54, 1.807) is 11.0 Å². The topological polar surface area (TPSA) is 33.2 Å². The van der Waals surface area contributed by atoms with E-state index in [1.165, 1.54) is 12.3 Å². The first-order valence-corrected chi connectivity index (χ1v) is 6.67. The van der Waals surface area contributed by atoms with Crippen LogP contribution in [0.2, 0.25) is 0 Å². The van der Waals surface area contributed by atoms with Crippen molar-refractivity contribution >= 4 is 11.6 Å². The average Bonchev–Trinajstić information content (AvgIpc) is 2.46. The molecule has 1 aliphatic heterocycles. The van der Waals surface area contributed by atoms with Crippen molar-refractivity contribution in [1.82, 2.24) is 4.98 Å². The number of halogens is 1. The van der Waals surface area contributed by atoms with Crippen LogP contribution in [0.4, 0.5) is 10.1 Å². The molecule has 2 aromatic rings. The van der Waals surface area contributed by atoms with Crippen LogP contribution in [0, 0.1) is 11.9 Å².